The lowest BCUT2D eigenvalue weighted by molar-refractivity contribution is -0.162. The minimum atomic E-state index is -4.48. The van der Waals surface area contributed by atoms with E-state index in [-0.39, 0.29) is 17.1 Å². The van der Waals surface area contributed by atoms with Gasteiger partial charge >= 0.3 is 16.3 Å². The molecule has 1 aliphatic rings. The zero-order chi connectivity index (χ0) is 29.9. The lowest BCUT2D eigenvalue weighted by Gasteiger charge is -2.33. The molecule has 11 nitrogen and oxygen atoms in total. The van der Waals surface area contributed by atoms with Crippen LogP contribution < -0.4 is 9.50 Å². The minimum absolute atomic E-state index is 0.0293. The van der Waals surface area contributed by atoms with E-state index >= 15 is 0 Å². The van der Waals surface area contributed by atoms with Gasteiger partial charge in [0, 0.05) is 20.5 Å². The first-order valence-corrected chi connectivity index (χ1v) is 15.6. The van der Waals surface area contributed by atoms with Crippen LogP contribution in [0.15, 0.2) is 53.4 Å². The second-order valence-corrected chi connectivity index (χ2v) is 14.4. The molecule has 0 bridgehead atoms. The Morgan fingerprint density at radius 1 is 1.00 bits per heavy atom. The average Bonchev–Trinajstić information content (AvgIpc) is 3.38. The van der Waals surface area contributed by atoms with Crippen molar-refractivity contribution in [2.75, 3.05) is 20.6 Å². The van der Waals surface area contributed by atoms with Gasteiger partial charge in [-0.05, 0) is 76.9 Å². The van der Waals surface area contributed by atoms with E-state index in [1.54, 1.807) is 32.9 Å². The quantitative estimate of drug-likeness (QED) is 0.410. The van der Waals surface area contributed by atoms with Crippen LogP contribution in [0.2, 0.25) is 0 Å². The fourth-order valence-corrected chi connectivity index (χ4v) is 6.11. The number of esters is 1. The van der Waals surface area contributed by atoms with Crippen LogP contribution in [-0.2, 0) is 41.1 Å². The number of rotatable bonds is 10. The van der Waals surface area contributed by atoms with Gasteiger partial charge in [0.05, 0.1) is 10.9 Å². The van der Waals surface area contributed by atoms with Crippen molar-refractivity contribution in [1.29, 1.82) is 0 Å². The predicted molar refractivity (Wildman–Crippen MR) is 149 cm³/mol. The van der Waals surface area contributed by atoms with Crippen LogP contribution in [0, 0.1) is 6.92 Å². The Balaban J connectivity index is 2.07. The molecule has 1 aliphatic heterocycles. The first-order valence-electron chi connectivity index (χ1n) is 12.8. The summed E-state index contributed by atoms with van der Waals surface area (Å²) in [5.74, 6) is -1.60. The second-order valence-electron chi connectivity index (χ2n) is 10.8. The minimum Gasteiger partial charge on any atom is -0.458 e. The molecule has 0 saturated carbocycles. The monoisotopic (exact) mass is 595 g/mol. The molecule has 0 radical (unpaired) electrons. The summed E-state index contributed by atoms with van der Waals surface area (Å²) in [4.78, 5) is 27.2. The Kier molecular flexibility index (Phi) is 9.66. The highest BCUT2D eigenvalue weighted by molar-refractivity contribution is 7.89. The first kappa shape index (κ1) is 31.5. The molecule has 0 unspecified atom stereocenters. The summed E-state index contributed by atoms with van der Waals surface area (Å²) in [6, 6.07) is 9.52. The Labute approximate surface area is 236 Å². The van der Waals surface area contributed by atoms with E-state index in [4.69, 9.17) is 8.92 Å². The van der Waals surface area contributed by atoms with Gasteiger partial charge in [-0.25, -0.2) is 17.5 Å². The number of sulfonamides is 1. The SMILES string of the molecule is Cc1ccc(S(=O)(=O)N(C(=O)[C@@H]2CCCN2)[C@@H](Cc2ccc(OS(=O)(=O)N(C)C)cc2)C(=O)OC(C)(C)C)cc1. The molecule has 1 heterocycles. The van der Waals surface area contributed by atoms with Crippen molar-refractivity contribution in [3.05, 3.63) is 59.7 Å². The summed E-state index contributed by atoms with van der Waals surface area (Å²) >= 11 is 0. The number of nitrogens with zero attached hydrogens (tertiary/aromatic N) is 2. The zero-order valence-corrected chi connectivity index (χ0v) is 25.2. The van der Waals surface area contributed by atoms with Gasteiger partial charge in [-0.3, -0.25) is 4.79 Å². The molecule has 2 aromatic carbocycles. The molecule has 1 saturated heterocycles. The number of carbonyl (C=O) groups is 2. The number of benzene rings is 2. The van der Waals surface area contributed by atoms with Crippen molar-refractivity contribution in [3.63, 3.8) is 0 Å². The maximum atomic E-state index is 14.0. The van der Waals surface area contributed by atoms with E-state index in [9.17, 15) is 26.4 Å². The van der Waals surface area contributed by atoms with Crippen LogP contribution in [0.5, 0.6) is 5.75 Å². The van der Waals surface area contributed by atoms with Crippen LogP contribution in [0.3, 0.4) is 0 Å². The molecule has 2 atom stereocenters. The van der Waals surface area contributed by atoms with Crippen molar-refractivity contribution < 1.29 is 35.3 Å². The fraction of sp³-hybridized carbons (Fsp3) is 0.481. The topological polar surface area (TPSA) is 139 Å². The molecular formula is C27H37N3O8S2. The van der Waals surface area contributed by atoms with Gasteiger partial charge in [-0.2, -0.15) is 12.7 Å². The number of nitrogens with one attached hydrogen (secondary N) is 1. The molecule has 40 heavy (non-hydrogen) atoms. The van der Waals surface area contributed by atoms with Crippen LogP contribution in [0.4, 0.5) is 0 Å². The Hall–Kier alpha value is -3.00. The van der Waals surface area contributed by atoms with Gasteiger partial charge in [0.25, 0.3) is 15.9 Å². The molecule has 0 spiro atoms. The van der Waals surface area contributed by atoms with Crippen LogP contribution in [-0.4, -0.2) is 75.6 Å². The van der Waals surface area contributed by atoms with E-state index in [1.807, 2.05) is 6.92 Å². The maximum Gasteiger partial charge on any atom is 0.384 e. The van der Waals surface area contributed by atoms with Crippen molar-refractivity contribution in [2.24, 2.45) is 0 Å². The standard InChI is InChI=1S/C27H37N3O8S2/c1-19-9-15-22(16-10-19)39(33,34)30(25(31)23-8-7-17-28-23)24(26(32)37-27(2,3)4)18-20-11-13-21(14-12-20)38-40(35,36)29(5)6/h9-16,23-24,28H,7-8,17-18H2,1-6H3/t23-,24-/m0/s1. The Morgan fingerprint density at radius 2 is 1.60 bits per heavy atom. The zero-order valence-electron chi connectivity index (χ0n) is 23.6. The summed E-state index contributed by atoms with van der Waals surface area (Å²) in [6.45, 7) is 7.31. The van der Waals surface area contributed by atoms with Gasteiger partial charge in [0.15, 0.2) is 0 Å². The highest BCUT2D eigenvalue weighted by Crippen LogP contribution is 2.27. The smallest absolute Gasteiger partial charge is 0.384 e. The number of ether oxygens (including phenoxy) is 1. The highest BCUT2D eigenvalue weighted by Gasteiger charge is 2.44. The van der Waals surface area contributed by atoms with E-state index < -0.39 is 49.9 Å². The summed E-state index contributed by atoms with van der Waals surface area (Å²) in [5.41, 5.74) is 0.333. The summed E-state index contributed by atoms with van der Waals surface area (Å²) in [6.07, 6.45) is 0.897. The molecule has 220 valence electrons. The highest BCUT2D eigenvalue weighted by atomic mass is 32.2. The van der Waals surface area contributed by atoms with Crippen molar-refractivity contribution >= 4 is 32.2 Å². The van der Waals surface area contributed by atoms with Gasteiger partial charge < -0.3 is 14.2 Å². The number of amides is 1. The first-order chi connectivity index (χ1) is 18.5. The number of aryl methyl sites for hydroxylation is 1. The van der Waals surface area contributed by atoms with Gasteiger partial charge in [0.2, 0.25) is 0 Å². The predicted octanol–water partition coefficient (Wildman–Crippen LogP) is 2.40. The molecule has 1 fully saturated rings. The lowest BCUT2D eigenvalue weighted by atomic mass is 10.0. The number of carbonyl (C=O) groups excluding carboxylic acids is 2. The molecular weight excluding hydrogens is 558 g/mol. The number of hydrogen-bond acceptors (Lipinski definition) is 9. The molecule has 0 aliphatic carbocycles. The Bertz CT molecular complexity index is 1410. The fourth-order valence-electron chi connectivity index (χ4n) is 4.04. The average molecular weight is 596 g/mol. The third-order valence-corrected chi connectivity index (χ3v) is 9.23. The molecule has 0 aromatic heterocycles. The maximum absolute atomic E-state index is 14.0. The lowest BCUT2D eigenvalue weighted by Crippen LogP contribution is -2.55. The van der Waals surface area contributed by atoms with Crippen molar-refractivity contribution in [2.45, 2.75) is 69.5 Å². The van der Waals surface area contributed by atoms with Gasteiger partial charge in [-0.1, -0.05) is 29.8 Å². The molecule has 2 aromatic rings. The van der Waals surface area contributed by atoms with Gasteiger partial charge in [-0.15, -0.1) is 0 Å². The largest absolute Gasteiger partial charge is 0.458 e. The molecule has 1 N–H and O–H groups in total. The summed E-state index contributed by atoms with van der Waals surface area (Å²) < 4.78 is 64.3. The molecule has 13 heteroatoms. The third-order valence-electron chi connectivity index (χ3n) is 6.12. The van der Waals surface area contributed by atoms with E-state index in [1.165, 1.54) is 50.5 Å². The Morgan fingerprint density at radius 3 is 2.10 bits per heavy atom. The number of hydrogen-bond donors (Lipinski definition) is 1. The van der Waals surface area contributed by atoms with Crippen molar-refractivity contribution in [1.82, 2.24) is 13.9 Å². The van der Waals surface area contributed by atoms with Crippen LogP contribution in [0.25, 0.3) is 0 Å². The molecule has 1 amide bonds. The summed E-state index contributed by atoms with van der Waals surface area (Å²) in [7, 11) is -5.82. The normalized spacial score (nSPS) is 16.9. The van der Waals surface area contributed by atoms with E-state index in [0.29, 0.717) is 29.3 Å². The van der Waals surface area contributed by atoms with E-state index in [2.05, 4.69) is 5.32 Å². The third kappa shape index (κ3) is 7.80. The van der Waals surface area contributed by atoms with E-state index in [0.717, 1.165) is 9.87 Å². The van der Waals surface area contributed by atoms with Crippen LogP contribution >= 0.6 is 0 Å². The molecule has 3 rings (SSSR count). The van der Waals surface area contributed by atoms with Crippen LogP contribution in [0.1, 0.15) is 44.7 Å². The summed E-state index contributed by atoms with van der Waals surface area (Å²) in [5, 5.41) is 3.03. The van der Waals surface area contributed by atoms with Gasteiger partial charge in [0.1, 0.15) is 17.4 Å². The second kappa shape index (κ2) is 12.2. The van der Waals surface area contributed by atoms with Crippen molar-refractivity contribution in [3.8, 4) is 5.75 Å².